The summed E-state index contributed by atoms with van der Waals surface area (Å²) in [6.07, 6.45) is -3.00. The van der Waals surface area contributed by atoms with Crippen LogP contribution >= 0.6 is 11.6 Å². The summed E-state index contributed by atoms with van der Waals surface area (Å²) in [5.41, 5.74) is -0.320. The Morgan fingerprint density at radius 1 is 1.15 bits per heavy atom. The van der Waals surface area contributed by atoms with Crippen molar-refractivity contribution in [1.29, 1.82) is 0 Å². The Balaban J connectivity index is 1.70. The Bertz CT molecular complexity index is 919. The minimum atomic E-state index is -4.47. The van der Waals surface area contributed by atoms with Gasteiger partial charge in [0, 0.05) is 44.5 Å². The van der Waals surface area contributed by atoms with Gasteiger partial charge >= 0.3 is 6.18 Å². The SMILES string of the molecule is O=c1[nH]ncc(N2CCN(Cc3cccc(=O)n3CC(F)(F)F)CC2)c1Cl. The van der Waals surface area contributed by atoms with Gasteiger partial charge in [0.25, 0.3) is 11.1 Å². The summed E-state index contributed by atoms with van der Waals surface area (Å²) in [5.74, 6) is 0. The van der Waals surface area contributed by atoms with Crippen molar-refractivity contribution >= 4 is 17.3 Å². The number of aromatic amines is 1. The average molecular weight is 404 g/mol. The monoisotopic (exact) mass is 403 g/mol. The highest BCUT2D eigenvalue weighted by atomic mass is 35.5. The molecule has 0 aromatic carbocycles. The van der Waals surface area contributed by atoms with Crippen LogP contribution in [-0.4, -0.2) is 52.0 Å². The van der Waals surface area contributed by atoms with Crippen molar-refractivity contribution < 1.29 is 13.2 Å². The first-order valence-corrected chi connectivity index (χ1v) is 8.58. The standard InChI is InChI=1S/C16H17ClF3N5O2/c17-14-12(8-21-22-15(14)27)24-6-4-23(5-7-24)9-11-2-1-3-13(26)25(11)10-16(18,19)20/h1-3,8H,4-7,9-10H2,(H,22,27). The van der Waals surface area contributed by atoms with Gasteiger partial charge in [0.2, 0.25) is 0 Å². The molecule has 11 heteroatoms. The maximum absolute atomic E-state index is 12.8. The fourth-order valence-electron chi connectivity index (χ4n) is 3.03. The Kier molecular flexibility index (Phi) is 5.56. The summed E-state index contributed by atoms with van der Waals surface area (Å²) in [6.45, 7) is 1.05. The minimum absolute atomic E-state index is 0.0560. The molecule has 1 fully saturated rings. The zero-order chi connectivity index (χ0) is 19.6. The number of piperazine rings is 1. The lowest BCUT2D eigenvalue weighted by atomic mass is 10.2. The van der Waals surface area contributed by atoms with Gasteiger partial charge in [0.15, 0.2) is 0 Å². The van der Waals surface area contributed by atoms with Gasteiger partial charge in [-0.15, -0.1) is 0 Å². The molecule has 146 valence electrons. The maximum Gasteiger partial charge on any atom is 0.406 e. The molecule has 0 bridgehead atoms. The molecule has 2 aromatic rings. The number of hydrogen-bond donors (Lipinski definition) is 1. The zero-order valence-corrected chi connectivity index (χ0v) is 14.9. The van der Waals surface area contributed by atoms with Crippen molar-refractivity contribution in [2.45, 2.75) is 19.3 Å². The number of aromatic nitrogens is 3. The summed E-state index contributed by atoms with van der Waals surface area (Å²) in [6, 6.07) is 4.11. The van der Waals surface area contributed by atoms with E-state index < -0.39 is 23.8 Å². The summed E-state index contributed by atoms with van der Waals surface area (Å²) >= 11 is 6.01. The Labute approximate surface area is 157 Å². The van der Waals surface area contributed by atoms with Gasteiger partial charge < -0.3 is 9.47 Å². The minimum Gasteiger partial charge on any atom is -0.366 e. The number of nitrogens with one attached hydrogen (secondary N) is 1. The van der Waals surface area contributed by atoms with E-state index in [1.54, 1.807) is 0 Å². The lowest BCUT2D eigenvalue weighted by molar-refractivity contribution is -0.141. The molecule has 0 amide bonds. The van der Waals surface area contributed by atoms with Crippen LogP contribution in [-0.2, 0) is 13.1 Å². The Morgan fingerprint density at radius 2 is 1.85 bits per heavy atom. The lowest BCUT2D eigenvalue weighted by Crippen LogP contribution is -2.47. The van der Waals surface area contributed by atoms with Crippen LogP contribution in [0.1, 0.15) is 5.69 Å². The molecule has 0 radical (unpaired) electrons. The molecule has 0 saturated carbocycles. The first-order chi connectivity index (χ1) is 12.7. The van der Waals surface area contributed by atoms with E-state index in [1.807, 2.05) is 9.80 Å². The molecular formula is C16H17ClF3N5O2. The molecule has 1 N–H and O–H groups in total. The molecule has 0 atom stereocenters. The average Bonchev–Trinajstić information content (AvgIpc) is 2.60. The predicted molar refractivity (Wildman–Crippen MR) is 94.1 cm³/mol. The van der Waals surface area contributed by atoms with E-state index >= 15 is 0 Å². The van der Waals surface area contributed by atoms with Crippen LogP contribution in [0.15, 0.2) is 34.0 Å². The second-order valence-corrected chi connectivity index (χ2v) is 6.60. The van der Waals surface area contributed by atoms with Crippen molar-refractivity contribution in [2.24, 2.45) is 0 Å². The van der Waals surface area contributed by atoms with Gasteiger partial charge in [0.1, 0.15) is 11.6 Å². The van der Waals surface area contributed by atoms with Crippen molar-refractivity contribution in [1.82, 2.24) is 19.7 Å². The van der Waals surface area contributed by atoms with Crippen LogP contribution in [0.2, 0.25) is 5.02 Å². The third kappa shape index (κ3) is 4.69. The van der Waals surface area contributed by atoms with E-state index in [0.29, 0.717) is 37.6 Å². The van der Waals surface area contributed by atoms with Crippen molar-refractivity contribution in [3.05, 3.63) is 55.8 Å². The third-order valence-electron chi connectivity index (χ3n) is 4.35. The van der Waals surface area contributed by atoms with Crippen molar-refractivity contribution in [3.8, 4) is 0 Å². The molecule has 1 aliphatic heterocycles. The highest BCUT2D eigenvalue weighted by Gasteiger charge is 2.30. The number of anilines is 1. The first kappa shape index (κ1) is 19.4. The van der Waals surface area contributed by atoms with Gasteiger partial charge in [0.05, 0.1) is 11.9 Å². The van der Waals surface area contributed by atoms with E-state index in [1.165, 1.54) is 18.3 Å². The van der Waals surface area contributed by atoms with Crippen LogP contribution in [0.25, 0.3) is 0 Å². The Morgan fingerprint density at radius 3 is 2.52 bits per heavy atom. The van der Waals surface area contributed by atoms with Gasteiger partial charge in [-0.05, 0) is 6.07 Å². The fourth-order valence-corrected chi connectivity index (χ4v) is 3.24. The molecule has 0 aliphatic carbocycles. The molecule has 7 nitrogen and oxygen atoms in total. The summed E-state index contributed by atoms with van der Waals surface area (Å²) in [7, 11) is 0. The number of H-pyrrole nitrogens is 1. The molecule has 1 aliphatic rings. The number of rotatable bonds is 4. The largest absolute Gasteiger partial charge is 0.406 e. The molecule has 3 rings (SSSR count). The van der Waals surface area contributed by atoms with Gasteiger partial charge in [-0.3, -0.25) is 14.5 Å². The quantitative estimate of drug-likeness (QED) is 0.837. The number of alkyl halides is 3. The summed E-state index contributed by atoms with van der Waals surface area (Å²) in [4.78, 5) is 27.3. The highest BCUT2D eigenvalue weighted by molar-refractivity contribution is 6.32. The lowest BCUT2D eigenvalue weighted by Gasteiger charge is -2.36. The molecule has 1 saturated heterocycles. The fraction of sp³-hybridized carbons (Fsp3) is 0.438. The molecule has 3 heterocycles. The van der Waals surface area contributed by atoms with Crippen LogP contribution < -0.4 is 16.0 Å². The Hall–Kier alpha value is -2.33. The molecule has 2 aromatic heterocycles. The second kappa shape index (κ2) is 7.73. The van der Waals surface area contributed by atoms with Crippen molar-refractivity contribution in [2.75, 3.05) is 31.1 Å². The van der Waals surface area contributed by atoms with E-state index in [9.17, 15) is 22.8 Å². The van der Waals surface area contributed by atoms with E-state index in [0.717, 1.165) is 10.6 Å². The van der Waals surface area contributed by atoms with Crippen LogP contribution in [0.5, 0.6) is 0 Å². The molecular weight excluding hydrogens is 387 g/mol. The third-order valence-corrected chi connectivity index (χ3v) is 4.72. The summed E-state index contributed by atoms with van der Waals surface area (Å²) in [5, 5.41) is 6.05. The normalized spacial score (nSPS) is 15.9. The van der Waals surface area contributed by atoms with E-state index in [2.05, 4.69) is 10.2 Å². The zero-order valence-electron chi connectivity index (χ0n) is 14.2. The van der Waals surface area contributed by atoms with Crippen LogP contribution in [0.4, 0.5) is 18.9 Å². The number of pyridine rings is 1. The van der Waals surface area contributed by atoms with Crippen LogP contribution in [0, 0.1) is 0 Å². The van der Waals surface area contributed by atoms with E-state index in [4.69, 9.17) is 11.6 Å². The second-order valence-electron chi connectivity index (χ2n) is 6.22. The molecule has 0 unspecified atom stereocenters. The smallest absolute Gasteiger partial charge is 0.366 e. The van der Waals surface area contributed by atoms with Crippen molar-refractivity contribution in [3.63, 3.8) is 0 Å². The number of hydrogen-bond acceptors (Lipinski definition) is 5. The number of nitrogens with zero attached hydrogens (tertiary/aromatic N) is 4. The maximum atomic E-state index is 12.8. The van der Waals surface area contributed by atoms with Gasteiger partial charge in [-0.25, -0.2) is 5.10 Å². The molecule has 0 spiro atoms. The first-order valence-electron chi connectivity index (χ1n) is 8.20. The topological polar surface area (TPSA) is 74.2 Å². The van der Waals surface area contributed by atoms with Gasteiger partial charge in [-0.1, -0.05) is 17.7 Å². The number of halogens is 4. The van der Waals surface area contributed by atoms with E-state index in [-0.39, 0.29) is 11.6 Å². The highest BCUT2D eigenvalue weighted by Crippen LogP contribution is 2.22. The summed E-state index contributed by atoms with van der Waals surface area (Å²) < 4.78 is 39.0. The predicted octanol–water partition coefficient (Wildman–Crippen LogP) is 1.47. The van der Waals surface area contributed by atoms with Crippen LogP contribution in [0.3, 0.4) is 0 Å². The van der Waals surface area contributed by atoms with Gasteiger partial charge in [-0.2, -0.15) is 18.3 Å². The molecule has 27 heavy (non-hydrogen) atoms.